The highest BCUT2D eigenvalue weighted by Crippen LogP contribution is 2.58. The average Bonchev–Trinajstić information content (AvgIpc) is 2.79. The molecule has 0 fully saturated rings. The summed E-state index contributed by atoms with van der Waals surface area (Å²) in [5.41, 5.74) is 4.75. The van der Waals surface area contributed by atoms with Gasteiger partial charge in [0.1, 0.15) is 5.75 Å². The van der Waals surface area contributed by atoms with Crippen molar-refractivity contribution in [2.24, 2.45) is 11.8 Å². The Morgan fingerprint density at radius 2 is 1.23 bits per heavy atom. The third-order valence-corrected chi connectivity index (χ3v) is 6.38. The molecule has 0 spiro atoms. The third-order valence-electron chi connectivity index (χ3n) is 6.38. The molecule has 0 aromatic heterocycles. The second kappa shape index (κ2) is 7.02. The second-order valence-electron chi connectivity index (χ2n) is 7.82. The van der Waals surface area contributed by atoms with E-state index in [9.17, 15) is 14.7 Å². The smallest absolute Gasteiger partial charge is 0.308 e. The number of carboxylic acid groups (broad SMARTS) is 1. The highest BCUT2D eigenvalue weighted by Gasteiger charge is 2.55. The van der Waals surface area contributed by atoms with Crippen molar-refractivity contribution in [3.05, 3.63) is 95.1 Å². The number of aliphatic carboxylic acids is 1. The normalized spacial score (nSPS) is 23.2. The molecule has 3 aliphatic rings. The molecule has 6 rings (SSSR count). The fraction of sp³-hybridized carbons (Fsp3) is 0.200. The Bertz CT molecular complexity index is 1090. The van der Waals surface area contributed by atoms with E-state index in [4.69, 9.17) is 4.74 Å². The molecule has 30 heavy (non-hydrogen) atoms. The number of fused-ring (bicyclic) bond motifs is 1. The summed E-state index contributed by atoms with van der Waals surface area (Å²) in [6.45, 7) is 0. The lowest BCUT2D eigenvalue weighted by atomic mass is 9.54. The lowest BCUT2D eigenvalue weighted by Gasteiger charge is -2.48. The van der Waals surface area contributed by atoms with Gasteiger partial charge >= 0.3 is 5.97 Å². The minimum Gasteiger partial charge on any atom is -0.497 e. The van der Waals surface area contributed by atoms with Gasteiger partial charge in [0.05, 0.1) is 18.9 Å². The molecule has 0 aliphatic heterocycles. The Morgan fingerprint density at radius 1 is 0.767 bits per heavy atom. The summed E-state index contributed by atoms with van der Waals surface area (Å²) in [5.74, 6) is -2.67. The number of carboxylic acids is 1. The molecule has 0 saturated heterocycles. The van der Waals surface area contributed by atoms with E-state index in [1.165, 1.54) is 0 Å². The van der Waals surface area contributed by atoms with Gasteiger partial charge in [-0.05, 0) is 46.5 Å². The van der Waals surface area contributed by atoms with Crippen molar-refractivity contribution in [2.75, 3.05) is 12.4 Å². The number of anilines is 1. The summed E-state index contributed by atoms with van der Waals surface area (Å²) < 4.78 is 5.17. The molecular weight excluding hydrogens is 378 g/mol. The van der Waals surface area contributed by atoms with Gasteiger partial charge in [-0.15, -0.1) is 0 Å². The predicted octanol–water partition coefficient (Wildman–Crippen LogP) is 4.24. The molecule has 2 atom stereocenters. The molecule has 5 nitrogen and oxygen atoms in total. The van der Waals surface area contributed by atoms with Crippen LogP contribution in [-0.2, 0) is 9.59 Å². The number of carbonyl (C=O) groups is 2. The maximum atomic E-state index is 13.4. The Labute approximate surface area is 174 Å². The van der Waals surface area contributed by atoms with Gasteiger partial charge in [-0.3, -0.25) is 9.59 Å². The number of hydrogen-bond acceptors (Lipinski definition) is 3. The van der Waals surface area contributed by atoms with Crippen LogP contribution < -0.4 is 10.1 Å². The Hall–Kier alpha value is -3.60. The third kappa shape index (κ3) is 2.70. The quantitative estimate of drug-likeness (QED) is 0.688. The van der Waals surface area contributed by atoms with E-state index in [0.29, 0.717) is 11.4 Å². The number of benzene rings is 3. The van der Waals surface area contributed by atoms with Gasteiger partial charge in [-0.25, -0.2) is 0 Å². The summed E-state index contributed by atoms with van der Waals surface area (Å²) in [7, 11) is 1.58. The lowest BCUT2D eigenvalue weighted by Crippen LogP contribution is -2.48. The Kier molecular flexibility index (Phi) is 4.31. The molecule has 1 amide bonds. The summed E-state index contributed by atoms with van der Waals surface area (Å²) >= 11 is 0. The highest BCUT2D eigenvalue weighted by molar-refractivity contribution is 5.98. The van der Waals surface area contributed by atoms with Crippen molar-refractivity contribution in [3.63, 3.8) is 0 Å². The van der Waals surface area contributed by atoms with Crippen LogP contribution in [0.25, 0.3) is 0 Å². The van der Waals surface area contributed by atoms with Crippen molar-refractivity contribution in [2.45, 2.75) is 11.8 Å². The maximum Gasteiger partial charge on any atom is 0.308 e. The second-order valence-corrected chi connectivity index (χ2v) is 7.82. The number of ether oxygens (including phenoxy) is 1. The SMILES string of the molecule is COc1ccc(NC(=O)[C@H]2C3c4ccccc4C(c4ccccc43)[C@H]2C(=O)O)cc1. The zero-order valence-electron chi connectivity index (χ0n) is 16.4. The fourth-order valence-electron chi connectivity index (χ4n) is 5.19. The number of hydrogen-bond donors (Lipinski definition) is 2. The van der Waals surface area contributed by atoms with Crippen LogP contribution in [0, 0.1) is 11.8 Å². The summed E-state index contributed by atoms with van der Waals surface area (Å²) in [4.78, 5) is 25.9. The standard InChI is InChI=1S/C25H21NO4/c1-30-15-12-10-14(11-13-15)26-24(27)22-20-16-6-2-4-8-18(16)21(23(22)25(28)29)19-9-5-3-7-17(19)20/h2-13,20-23H,1H3,(H,26,27)(H,28,29)/t20?,21?,22-,23+/m0/s1. The van der Waals surface area contributed by atoms with Gasteiger partial charge in [-0.1, -0.05) is 48.5 Å². The van der Waals surface area contributed by atoms with Gasteiger partial charge in [0.15, 0.2) is 0 Å². The van der Waals surface area contributed by atoms with E-state index in [1.807, 2.05) is 48.5 Å². The molecule has 0 heterocycles. The largest absolute Gasteiger partial charge is 0.497 e. The first kappa shape index (κ1) is 18.4. The zero-order valence-corrected chi connectivity index (χ0v) is 16.4. The molecule has 0 radical (unpaired) electrons. The summed E-state index contributed by atoms with van der Waals surface area (Å²) in [6.07, 6.45) is 0. The Balaban J connectivity index is 1.60. The lowest BCUT2D eigenvalue weighted by molar-refractivity contribution is -0.148. The summed E-state index contributed by atoms with van der Waals surface area (Å²) in [6, 6.07) is 22.9. The zero-order chi connectivity index (χ0) is 20.8. The monoisotopic (exact) mass is 399 g/mol. The Morgan fingerprint density at radius 3 is 1.67 bits per heavy atom. The van der Waals surface area contributed by atoms with Crippen molar-refractivity contribution >= 4 is 17.6 Å². The molecule has 3 aromatic rings. The van der Waals surface area contributed by atoms with Crippen molar-refractivity contribution in [1.82, 2.24) is 0 Å². The van der Waals surface area contributed by atoms with Crippen LogP contribution in [0.4, 0.5) is 5.69 Å². The molecule has 3 aromatic carbocycles. The van der Waals surface area contributed by atoms with Crippen molar-refractivity contribution in [1.29, 1.82) is 0 Å². The predicted molar refractivity (Wildman–Crippen MR) is 113 cm³/mol. The van der Waals surface area contributed by atoms with Gasteiger partial charge < -0.3 is 15.2 Å². The van der Waals surface area contributed by atoms with Crippen LogP contribution in [0.3, 0.4) is 0 Å². The number of rotatable bonds is 4. The average molecular weight is 399 g/mol. The van der Waals surface area contributed by atoms with Crippen LogP contribution in [0.5, 0.6) is 5.75 Å². The van der Waals surface area contributed by atoms with E-state index in [-0.39, 0.29) is 17.7 Å². The minimum absolute atomic E-state index is 0.272. The van der Waals surface area contributed by atoms with Crippen LogP contribution >= 0.6 is 0 Å². The van der Waals surface area contributed by atoms with E-state index >= 15 is 0 Å². The first-order valence-electron chi connectivity index (χ1n) is 9.95. The van der Waals surface area contributed by atoms with Gasteiger partial charge in [0, 0.05) is 17.5 Å². The number of methoxy groups -OCH3 is 1. The van der Waals surface area contributed by atoms with Crippen molar-refractivity contribution < 1.29 is 19.4 Å². The molecule has 3 aliphatic carbocycles. The highest BCUT2D eigenvalue weighted by atomic mass is 16.5. The first-order valence-corrected chi connectivity index (χ1v) is 9.95. The molecule has 2 bridgehead atoms. The van der Waals surface area contributed by atoms with E-state index in [2.05, 4.69) is 5.32 Å². The fourth-order valence-corrected chi connectivity index (χ4v) is 5.19. The minimum atomic E-state index is -0.941. The van der Waals surface area contributed by atoms with Crippen molar-refractivity contribution in [3.8, 4) is 5.75 Å². The van der Waals surface area contributed by atoms with Crippen LogP contribution in [-0.4, -0.2) is 24.1 Å². The number of amides is 1. The van der Waals surface area contributed by atoms with Crippen LogP contribution in [0.1, 0.15) is 34.1 Å². The molecule has 5 heteroatoms. The van der Waals surface area contributed by atoms with Gasteiger partial charge in [-0.2, -0.15) is 0 Å². The number of carbonyl (C=O) groups excluding carboxylic acids is 1. The molecule has 0 saturated carbocycles. The molecule has 150 valence electrons. The topological polar surface area (TPSA) is 75.6 Å². The maximum absolute atomic E-state index is 13.4. The van der Waals surface area contributed by atoms with E-state index in [1.54, 1.807) is 31.4 Å². The molecular formula is C25H21NO4. The summed E-state index contributed by atoms with van der Waals surface area (Å²) in [5, 5.41) is 13.1. The number of nitrogens with one attached hydrogen (secondary N) is 1. The molecule has 0 unspecified atom stereocenters. The van der Waals surface area contributed by atoms with Crippen LogP contribution in [0.2, 0.25) is 0 Å². The van der Waals surface area contributed by atoms with E-state index in [0.717, 1.165) is 22.3 Å². The van der Waals surface area contributed by atoms with Gasteiger partial charge in [0.2, 0.25) is 5.91 Å². The van der Waals surface area contributed by atoms with Crippen LogP contribution in [0.15, 0.2) is 72.8 Å². The van der Waals surface area contributed by atoms with E-state index < -0.39 is 17.8 Å². The molecule has 2 N–H and O–H groups in total. The van der Waals surface area contributed by atoms with Gasteiger partial charge in [0.25, 0.3) is 0 Å². The first-order chi connectivity index (χ1) is 14.6.